The Morgan fingerprint density at radius 2 is 1.63 bits per heavy atom. The molecule has 1 aromatic carbocycles. The van der Waals surface area contributed by atoms with Crippen LogP contribution in [0.2, 0.25) is 0 Å². The van der Waals surface area contributed by atoms with E-state index in [4.69, 9.17) is 0 Å². The first-order valence-corrected chi connectivity index (χ1v) is 10.0. The highest BCUT2D eigenvalue weighted by Gasteiger charge is 2.16. The molecule has 0 radical (unpaired) electrons. The van der Waals surface area contributed by atoms with Gasteiger partial charge in [-0.2, -0.15) is 0 Å². The molecule has 0 atom stereocenters. The first kappa shape index (κ1) is 17.8. The Balaban J connectivity index is 1.34. The predicted molar refractivity (Wildman–Crippen MR) is 108 cm³/mol. The summed E-state index contributed by atoms with van der Waals surface area (Å²) in [5, 5.41) is 14.5. The van der Waals surface area contributed by atoms with Gasteiger partial charge in [-0.05, 0) is 68.5 Å². The first-order valence-electron chi connectivity index (χ1n) is 10.0. The number of carbonyl (C=O) groups excluding carboxylic acids is 1. The van der Waals surface area contributed by atoms with Crippen molar-refractivity contribution in [2.45, 2.75) is 51.0 Å². The summed E-state index contributed by atoms with van der Waals surface area (Å²) >= 11 is 0. The van der Waals surface area contributed by atoms with Crippen LogP contribution < -0.4 is 15.5 Å². The Kier molecular flexibility index (Phi) is 5.51. The summed E-state index contributed by atoms with van der Waals surface area (Å²) in [5.41, 5.74) is 2.32. The molecule has 0 bridgehead atoms. The van der Waals surface area contributed by atoms with Gasteiger partial charge in [-0.3, -0.25) is 4.79 Å². The Bertz CT molecular complexity index is 747. The zero-order valence-electron chi connectivity index (χ0n) is 15.7. The summed E-state index contributed by atoms with van der Waals surface area (Å²) in [6.07, 6.45) is 8.71. The van der Waals surface area contributed by atoms with E-state index >= 15 is 0 Å². The maximum Gasteiger partial charge on any atom is 0.276 e. The van der Waals surface area contributed by atoms with Crippen molar-refractivity contribution >= 4 is 23.1 Å². The molecule has 1 saturated heterocycles. The third kappa shape index (κ3) is 4.56. The molecule has 0 unspecified atom stereocenters. The van der Waals surface area contributed by atoms with Crippen molar-refractivity contribution in [1.29, 1.82) is 0 Å². The van der Waals surface area contributed by atoms with Crippen LogP contribution >= 0.6 is 0 Å². The van der Waals surface area contributed by atoms with Gasteiger partial charge < -0.3 is 15.5 Å². The van der Waals surface area contributed by atoms with Crippen LogP contribution in [0.3, 0.4) is 0 Å². The van der Waals surface area contributed by atoms with Gasteiger partial charge in [0.1, 0.15) is 5.82 Å². The van der Waals surface area contributed by atoms with Gasteiger partial charge >= 0.3 is 0 Å². The second-order valence-electron chi connectivity index (χ2n) is 7.48. The van der Waals surface area contributed by atoms with Crippen LogP contribution in [0.4, 0.5) is 17.2 Å². The van der Waals surface area contributed by atoms with Crippen LogP contribution in [-0.4, -0.2) is 35.2 Å². The van der Waals surface area contributed by atoms with Crippen LogP contribution in [0.5, 0.6) is 0 Å². The number of amides is 1. The zero-order chi connectivity index (χ0) is 18.5. The maximum absolute atomic E-state index is 12.4. The molecular formula is C21H27N5O. The molecule has 4 rings (SSSR count). The van der Waals surface area contributed by atoms with E-state index in [-0.39, 0.29) is 5.91 Å². The number of nitrogens with one attached hydrogen (secondary N) is 2. The average Bonchev–Trinajstić information content (AvgIpc) is 3.23. The molecule has 1 aliphatic heterocycles. The second kappa shape index (κ2) is 8.37. The van der Waals surface area contributed by atoms with Crippen LogP contribution in [-0.2, 0) is 0 Å². The molecule has 0 spiro atoms. The van der Waals surface area contributed by atoms with E-state index in [1.165, 1.54) is 50.6 Å². The molecule has 1 saturated carbocycles. The second-order valence-corrected chi connectivity index (χ2v) is 7.48. The van der Waals surface area contributed by atoms with E-state index in [1.54, 1.807) is 6.07 Å². The van der Waals surface area contributed by atoms with Crippen molar-refractivity contribution in [3.8, 4) is 0 Å². The predicted octanol–water partition coefficient (Wildman–Crippen LogP) is 4.07. The van der Waals surface area contributed by atoms with E-state index in [0.29, 0.717) is 11.7 Å². The normalized spacial score (nSPS) is 17.7. The summed E-state index contributed by atoms with van der Waals surface area (Å²) in [5.74, 6) is 0.505. The molecular weight excluding hydrogens is 338 g/mol. The van der Waals surface area contributed by atoms with E-state index in [9.17, 15) is 4.79 Å². The lowest BCUT2D eigenvalue weighted by Gasteiger charge is -2.28. The smallest absolute Gasteiger partial charge is 0.276 e. The van der Waals surface area contributed by atoms with Gasteiger partial charge in [0.05, 0.1) is 0 Å². The number of anilines is 3. The van der Waals surface area contributed by atoms with Gasteiger partial charge in [0, 0.05) is 30.5 Å². The largest absolute Gasteiger partial charge is 0.372 e. The van der Waals surface area contributed by atoms with Gasteiger partial charge in [-0.25, -0.2) is 0 Å². The fraction of sp³-hybridized carbons (Fsp3) is 0.476. The topological polar surface area (TPSA) is 70.2 Å². The van der Waals surface area contributed by atoms with Gasteiger partial charge in [0.15, 0.2) is 5.69 Å². The first-order chi connectivity index (χ1) is 13.3. The number of carbonyl (C=O) groups is 1. The zero-order valence-corrected chi connectivity index (χ0v) is 15.7. The van der Waals surface area contributed by atoms with Gasteiger partial charge in [-0.1, -0.05) is 12.8 Å². The van der Waals surface area contributed by atoms with Gasteiger partial charge in [-0.15, -0.1) is 10.2 Å². The quantitative estimate of drug-likeness (QED) is 0.836. The molecule has 2 N–H and O–H groups in total. The third-order valence-corrected chi connectivity index (χ3v) is 5.45. The molecule has 2 fully saturated rings. The Labute approximate surface area is 160 Å². The van der Waals surface area contributed by atoms with E-state index < -0.39 is 0 Å². The Morgan fingerprint density at radius 3 is 2.30 bits per heavy atom. The van der Waals surface area contributed by atoms with Crippen LogP contribution in [0.1, 0.15) is 55.4 Å². The van der Waals surface area contributed by atoms with Gasteiger partial charge in [0.25, 0.3) is 5.91 Å². The molecule has 6 nitrogen and oxygen atoms in total. The van der Waals surface area contributed by atoms with Crippen molar-refractivity contribution in [2.24, 2.45) is 0 Å². The number of aromatic nitrogens is 2. The maximum atomic E-state index is 12.4. The number of piperidine rings is 1. The summed E-state index contributed by atoms with van der Waals surface area (Å²) < 4.78 is 0. The van der Waals surface area contributed by atoms with Crippen molar-refractivity contribution in [3.05, 3.63) is 42.1 Å². The van der Waals surface area contributed by atoms with Crippen molar-refractivity contribution < 1.29 is 4.79 Å². The number of hydrogen-bond acceptors (Lipinski definition) is 5. The lowest BCUT2D eigenvalue weighted by Crippen LogP contribution is -2.29. The SMILES string of the molecule is O=C(Nc1ccc(N2CCCCC2)cc1)c1ccc(NC2CCCC2)nn1. The van der Waals surface area contributed by atoms with Crippen molar-refractivity contribution in [1.82, 2.24) is 10.2 Å². The molecule has 6 heteroatoms. The van der Waals surface area contributed by atoms with Crippen LogP contribution in [0.15, 0.2) is 36.4 Å². The molecule has 27 heavy (non-hydrogen) atoms. The molecule has 2 aliphatic rings. The number of benzene rings is 1. The highest BCUT2D eigenvalue weighted by molar-refractivity contribution is 6.02. The highest BCUT2D eigenvalue weighted by Crippen LogP contribution is 2.23. The van der Waals surface area contributed by atoms with Crippen LogP contribution in [0.25, 0.3) is 0 Å². The monoisotopic (exact) mass is 365 g/mol. The minimum Gasteiger partial charge on any atom is -0.372 e. The minimum atomic E-state index is -0.236. The fourth-order valence-electron chi connectivity index (χ4n) is 3.91. The highest BCUT2D eigenvalue weighted by atomic mass is 16.1. The van der Waals surface area contributed by atoms with Gasteiger partial charge in [0.2, 0.25) is 0 Å². The van der Waals surface area contributed by atoms with E-state index in [0.717, 1.165) is 24.6 Å². The molecule has 2 aromatic rings. The molecule has 1 aromatic heterocycles. The van der Waals surface area contributed by atoms with Crippen LogP contribution in [0, 0.1) is 0 Å². The Hall–Kier alpha value is -2.63. The summed E-state index contributed by atoms with van der Waals surface area (Å²) in [6, 6.07) is 12.1. The summed E-state index contributed by atoms with van der Waals surface area (Å²) in [7, 11) is 0. The molecule has 142 valence electrons. The number of rotatable bonds is 5. The van der Waals surface area contributed by atoms with Crippen molar-refractivity contribution in [3.63, 3.8) is 0 Å². The summed E-state index contributed by atoms with van der Waals surface area (Å²) in [4.78, 5) is 14.8. The van der Waals surface area contributed by atoms with Crippen molar-refractivity contribution in [2.75, 3.05) is 28.6 Å². The number of nitrogens with zero attached hydrogens (tertiary/aromatic N) is 3. The van der Waals surface area contributed by atoms with E-state index in [2.05, 4.69) is 37.9 Å². The fourth-order valence-corrected chi connectivity index (χ4v) is 3.91. The van der Waals surface area contributed by atoms with E-state index in [1.807, 2.05) is 18.2 Å². The molecule has 1 amide bonds. The minimum absolute atomic E-state index is 0.236. The lowest BCUT2D eigenvalue weighted by molar-refractivity contribution is 0.102. The standard InChI is InChI=1S/C21H27N5O/c27-21(19-12-13-20(25-24-19)22-16-6-2-3-7-16)23-17-8-10-18(11-9-17)26-14-4-1-5-15-26/h8-13,16H,1-7,14-15H2,(H,22,25)(H,23,27). The lowest BCUT2D eigenvalue weighted by atomic mass is 10.1. The molecule has 2 heterocycles. The Morgan fingerprint density at radius 1 is 0.889 bits per heavy atom. The average molecular weight is 365 g/mol. The summed E-state index contributed by atoms with van der Waals surface area (Å²) in [6.45, 7) is 2.23. The third-order valence-electron chi connectivity index (χ3n) is 5.45. The molecule has 1 aliphatic carbocycles. The number of hydrogen-bond donors (Lipinski definition) is 2.